The largest absolute Gasteiger partial charge is 0.507 e. The van der Waals surface area contributed by atoms with Crippen molar-refractivity contribution in [2.45, 2.75) is 0 Å². The molecule has 0 atom stereocenters. The number of pyridine rings is 1. The summed E-state index contributed by atoms with van der Waals surface area (Å²) in [6.45, 7) is 0. The number of aromatic hydroxyl groups is 1. The number of non-ortho nitro benzene ring substituents is 1. The number of para-hydroxylation sites is 1. The third kappa shape index (κ3) is 3.13. The van der Waals surface area contributed by atoms with E-state index in [9.17, 15) is 15.2 Å². The highest BCUT2D eigenvalue weighted by Gasteiger charge is 2.16. The molecular weight excluding hydrogens is 344 g/mol. The van der Waals surface area contributed by atoms with Crippen LogP contribution in [0.15, 0.2) is 79.1 Å². The highest BCUT2D eigenvalue weighted by molar-refractivity contribution is 5.74. The molecule has 4 rings (SSSR count). The monoisotopic (exact) mass is 358 g/mol. The molecule has 0 spiro atoms. The summed E-state index contributed by atoms with van der Waals surface area (Å²) >= 11 is 0. The minimum absolute atomic E-state index is 0.00231. The van der Waals surface area contributed by atoms with Gasteiger partial charge >= 0.3 is 0 Å². The average Bonchev–Trinajstić information content (AvgIpc) is 3.14. The molecule has 2 aromatic carbocycles. The van der Waals surface area contributed by atoms with Crippen LogP contribution in [0.25, 0.3) is 28.2 Å². The smallest absolute Gasteiger partial charge is 0.269 e. The topological polar surface area (TPSA) is 94.1 Å². The number of aromatic nitrogens is 3. The Morgan fingerprint density at radius 2 is 1.78 bits per heavy atom. The van der Waals surface area contributed by atoms with Crippen LogP contribution < -0.4 is 0 Å². The van der Waals surface area contributed by atoms with Gasteiger partial charge in [0.05, 0.1) is 22.0 Å². The van der Waals surface area contributed by atoms with E-state index in [0.717, 1.165) is 5.56 Å². The number of nitro groups is 1. The summed E-state index contributed by atoms with van der Waals surface area (Å²) in [4.78, 5) is 14.6. The Hall–Kier alpha value is -4.00. The molecule has 2 aromatic heterocycles. The summed E-state index contributed by atoms with van der Waals surface area (Å²) in [5.41, 5.74) is 3.44. The summed E-state index contributed by atoms with van der Waals surface area (Å²) in [6.07, 6.45) is 3.39. The Balaban J connectivity index is 1.90. The molecule has 0 saturated heterocycles. The average molecular weight is 358 g/mol. The summed E-state index contributed by atoms with van der Waals surface area (Å²) < 4.78 is 1.65. The maximum absolute atomic E-state index is 10.9. The Bertz CT molecular complexity index is 1110. The number of phenolic OH excluding ortho intramolecular Hbond substituents is 1. The van der Waals surface area contributed by atoms with Crippen LogP contribution in [0.4, 0.5) is 5.69 Å². The maximum Gasteiger partial charge on any atom is 0.269 e. The van der Waals surface area contributed by atoms with Gasteiger partial charge in [-0.25, -0.2) is 4.68 Å². The van der Waals surface area contributed by atoms with Gasteiger partial charge in [-0.2, -0.15) is 5.10 Å². The van der Waals surface area contributed by atoms with Crippen molar-refractivity contribution in [1.82, 2.24) is 14.8 Å². The van der Waals surface area contributed by atoms with Gasteiger partial charge in [0, 0.05) is 35.7 Å². The molecule has 0 aliphatic carbocycles. The molecule has 4 aromatic rings. The minimum Gasteiger partial charge on any atom is -0.507 e. The van der Waals surface area contributed by atoms with Crippen molar-refractivity contribution < 1.29 is 10.0 Å². The van der Waals surface area contributed by atoms with Gasteiger partial charge < -0.3 is 5.11 Å². The fourth-order valence-corrected chi connectivity index (χ4v) is 2.83. The number of nitrogens with zero attached hydrogens (tertiary/aromatic N) is 4. The van der Waals surface area contributed by atoms with Gasteiger partial charge in [-0.05, 0) is 42.5 Å². The zero-order chi connectivity index (χ0) is 18.8. The van der Waals surface area contributed by atoms with Gasteiger partial charge in [-0.15, -0.1) is 0 Å². The summed E-state index contributed by atoms with van der Waals surface area (Å²) in [7, 11) is 0. The zero-order valence-corrected chi connectivity index (χ0v) is 14.1. The SMILES string of the molecule is O=[N+]([O-])c1ccc(-n2nc(-c3cccnc3)cc2-c2ccccc2O)cc1. The molecule has 0 unspecified atom stereocenters. The molecule has 7 nitrogen and oxygen atoms in total. The van der Waals surface area contributed by atoms with E-state index in [1.54, 1.807) is 47.4 Å². The van der Waals surface area contributed by atoms with Gasteiger partial charge in [-0.3, -0.25) is 15.1 Å². The molecule has 0 aliphatic heterocycles. The molecule has 0 bridgehead atoms. The van der Waals surface area contributed by atoms with Crippen molar-refractivity contribution in [2.24, 2.45) is 0 Å². The van der Waals surface area contributed by atoms with Gasteiger partial charge in [0.2, 0.25) is 0 Å². The Morgan fingerprint density at radius 3 is 2.44 bits per heavy atom. The quantitative estimate of drug-likeness (QED) is 0.435. The Labute approximate surface area is 154 Å². The summed E-state index contributed by atoms with van der Waals surface area (Å²) in [5.74, 6) is 0.123. The van der Waals surface area contributed by atoms with E-state index in [1.807, 2.05) is 24.3 Å². The van der Waals surface area contributed by atoms with E-state index >= 15 is 0 Å². The number of rotatable bonds is 4. The predicted octanol–water partition coefficient (Wildman–Crippen LogP) is 4.22. The number of nitro benzene ring substituents is 1. The standard InChI is InChI=1S/C20H14N4O3/c25-20-6-2-1-5-17(20)19-12-18(14-4-3-11-21-13-14)22-23(19)15-7-9-16(10-8-15)24(26)27/h1-13,25H. The van der Waals surface area contributed by atoms with Crippen molar-refractivity contribution in [3.8, 4) is 34.0 Å². The van der Waals surface area contributed by atoms with Crippen molar-refractivity contribution in [3.05, 3.63) is 89.2 Å². The van der Waals surface area contributed by atoms with E-state index < -0.39 is 4.92 Å². The first kappa shape index (κ1) is 16.5. The molecular formula is C20H14N4O3. The third-order valence-electron chi connectivity index (χ3n) is 4.15. The maximum atomic E-state index is 10.9. The summed E-state index contributed by atoms with van der Waals surface area (Å²) in [6, 6.07) is 18.6. The second-order valence-electron chi connectivity index (χ2n) is 5.86. The van der Waals surface area contributed by atoms with E-state index in [0.29, 0.717) is 22.6 Å². The van der Waals surface area contributed by atoms with Gasteiger partial charge in [-0.1, -0.05) is 12.1 Å². The Morgan fingerprint density at radius 1 is 1.00 bits per heavy atom. The fourth-order valence-electron chi connectivity index (χ4n) is 2.83. The van der Waals surface area contributed by atoms with Gasteiger partial charge in [0.25, 0.3) is 5.69 Å². The Kier molecular flexibility index (Phi) is 4.10. The second-order valence-corrected chi connectivity index (χ2v) is 5.86. The van der Waals surface area contributed by atoms with Crippen LogP contribution in [0.1, 0.15) is 0 Å². The highest BCUT2D eigenvalue weighted by atomic mass is 16.6. The molecule has 1 N–H and O–H groups in total. The minimum atomic E-state index is -0.447. The predicted molar refractivity (Wildman–Crippen MR) is 101 cm³/mol. The first-order valence-corrected chi connectivity index (χ1v) is 8.17. The van der Waals surface area contributed by atoms with Crippen LogP contribution in [-0.2, 0) is 0 Å². The normalized spacial score (nSPS) is 10.7. The van der Waals surface area contributed by atoms with Crippen LogP contribution in [0.3, 0.4) is 0 Å². The second kappa shape index (κ2) is 6.72. The van der Waals surface area contributed by atoms with Crippen molar-refractivity contribution in [1.29, 1.82) is 0 Å². The molecule has 2 heterocycles. The van der Waals surface area contributed by atoms with Crippen LogP contribution in [0, 0.1) is 10.1 Å². The lowest BCUT2D eigenvalue weighted by Crippen LogP contribution is -2.00. The lowest BCUT2D eigenvalue weighted by atomic mass is 10.1. The van der Waals surface area contributed by atoms with E-state index in [1.165, 1.54) is 12.1 Å². The molecule has 0 radical (unpaired) electrons. The number of benzene rings is 2. The molecule has 7 heteroatoms. The molecule has 0 aliphatic rings. The van der Waals surface area contributed by atoms with Crippen LogP contribution in [-0.4, -0.2) is 24.8 Å². The van der Waals surface area contributed by atoms with Crippen molar-refractivity contribution in [2.75, 3.05) is 0 Å². The molecule has 0 amide bonds. The number of phenols is 1. The first-order chi connectivity index (χ1) is 13.1. The lowest BCUT2D eigenvalue weighted by molar-refractivity contribution is -0.384. The summed E-state index contributed by atoms with van der Waals surface area (Å²) in [5, 5.41) is 25.8. The van der Waals surface area contributed by atoms with E-state index in [-0.39, 0.29) is 11.4 Å². The van der Waals surface area contributed by atoms with E-state index in [4.69, 9.17) is 0 Å². The first-order valence-electron chi connectivity index (χ1n) is 8.17. The molecule has 0 fully saturated rings. The van der Waals surface area contributed by atoms with Crippen molar-refractivity contribution >= 4 is 5.69 Å². The zero-order valence-electron chi connectivity index (χ0n) is 14.1. The number of hydrogen-bond donors (Lipinski definition) is 1. The van der Waals surface area contributed by atoms with E-state index in [2.05, 4.69) is 10.1 Å². The molecule has 132 valence electrons. The van der Waals surface area contributed by atoms with Crippen LogP contribution in [0.2, 0.25) is 0 Å². The van der Waals surface area contributed by atoms with Gasteiger partial charge in [0.1, 0.15) is 5.75 Å². The van der Waals surface area contributed by atoms with Crippen LogP contribution >= 0.6 is 0 Å². The van der Waals surface area contributed by atoms with Gasteiger partial charge in [0.15, 0.2) is 0 Å². The highest BCUT2D eigenvalue weighted by Crippen LogP contribution is 2.33. The fraction of sp³-hybridized carbons (Fsp3) is 0. The van der Waals surface area contributed by atoms with Crippen molar-refractivity contribution in [3.63, 3.8) is 0 Å². The molecule has 27 heavy (non-hydrogen) atoms. The third-order valence-corrected chi connectivity index (χ3v) is 4.15. The van der Waals surface area contributed by atoms with Crippen LogP contribution in [0.5, 0.6) is 5.75 Å². The number of hydrogen-bond acceptors (Lipinski definition) is 5. The molecule has 0 saturated carbocycles. The lowest BCUT2D eigenvalue weighted by Gasteiger charge is -2.08.